The Kier molecular flexibility index (Phi) is 7.48. The summed E-state index contributed by atoms with van der Waals surface area (Å²) in [6.07, 6.45) is -1.30. The van der Waals surface area contributed by atoms with Crippen LogP contribution in [-0.4, -0.2) is 34.7 Å². The Labute approximate surface area is 192 Å². The van der Waals surface area contributed by atoms with Crippen molar-refractivity contribution in [1.29, 1.82) is 0 Å². The van der Waals surface area contributed by atoms with Crippen molar-refractivity contribution in [3.05, 3.63) is 59.7 Å². The van der Waals surface area contributed by atoms with E-state index in [4.69, 9.17) is 9.47 Å². The van der Waals surface area contributed by atoms with Crippen LogP contribution in [-0.2, 0) is 20.9 Å². The number of nitrogens with zero attached hydrogens (tertiary/aromatic N) is 1. The molecule has 2 atom stereocenters. The molecule has 1 aromatic heterocycles. The molecule has 0 spiro atoms. The number of hydrogen-bond donors (Lipinski definition) is 2. The van der Waals surface area contributed by atoms with E-state index >= 15 is 0 Å². The summed E-state index contributed by atoms with van der Waals surface area (Å²) in [6.45, 7) is 9.35. The van der Waals surface area contributed by atoms with E-state index in [-0.39, 0.29) is 0 Å². The number of rotatable bonds is 7. The normalized spacial score (nSPS) is 13.4. The lowest BCUT2D eigenvalue weighted by molar-refractivity contribution is -0.122. The van der Waals surface area contributed by atoms with Crippen molar-refractivity contribution in [3.8, 4) is 0 Å². The summed E-state index contributed by atoms with van der Waals surface area (Å²) in [7, 11) is 0. The smallest absolute Gasteiger partial charge is 0.408 e. The number of carbonyl (C=O) groups excluding carboxylic acids is 2. The highest BCUT2D eigenvalue weighted by atomic mass is 32.1. The molecule has 0 radical (unpaired) electrons. The van der Waals surface area contributed by atoms with Gasteiger partial charge in [-0.1, -0.05) is 47.7 Å². The Hall–Kier alpha value is -2.97. The number of hydrogen-bond acceptors (Lipinski definition) is 6. The van der Waals surface area contributed by atoms with Crippen molar-refractivity contribution in [2.24, 2.45) is 0 Å². The summed E-state index contributed by atoms with van der Waals surface area (Å²) in [4.78, 5) is 30.0. The third-order valence-electron chi connectivity index (χ3n) is 4.55. The topological polar surface area (TPSA) is 89.6 Å². The van der Waals surface area contributed by atoms with Gasteiger partial charge in [0.15, 0.2) is 5.13 Å². The summed E-state index contributed by atoms with van der Waals surface area (Å²) in [6, 6.07) is 14.6. The minimum absolute atomic E-state index is 0.308. The van der Waals surface area contributed by atoms with E-state index < -0.39 is 29.7 Å². The summed E-state index contributed by atoms with van der Waals surface area (Å²) >= 11 is 1.38. The SMILES string of the molecule is Cc1ccc2nc(NC(=O)[C@H](NC(=O)OC(C)(C)C)[C@H](C)OCc3ccccc3)sc2c1. The van der Waals surface area contributed by atoms with E-state index in [2.05, 4.69) is 15.6 Å². The van der Waals surface area contributed by atoms with Crippen LogP contribution in [0.15, 0.2) is 48.5 Å². The molecule has 170 valence electrons. The molecule has 2 amide bonds. The molecule has 3 rings (SSSR count). The van der Waals surface area contributed by atoms with Crippen LogP contribution in [0.4, 0.5) is 9.93 Å². The third kappa shape index (κ3) is 6.77. The van der Waals surface area contributed by atoms with E-state index in [0.29, 0.717) is 11.7 Å². The van der Waals surface area contributed by atoms with Gasteiger partial charge in [-0.3, -0.25) is 4.79 Å². The number of benzene rings is 2. The fraction of sp³-hybridized carbons (Fsp3) is 0.375. The zero-order chi connectivity index (χ0) is 23.3. The maximum atomic E-state index is 13.1. The van der Waals surface area contributed by atoms with Gasteiger partial charge in [0.2, 0.25) is 0 Å². The molecule has 0 fully saturated rings. The molecule has 1 heterocycles. The van der Waals surface area contributed by atoms with E-state index in [9.17, 15) is 9.59 Å². The molecule has 2 N–H and O–H groups in total. The zero-order valence-corrected chi connectivity index (χ0v) is 19.8. The Morgan fingerprint density at radius 3 is 2.53 bits per heavy atom. The van der Waals surface area contributed by atoms with Crippen molar-refractivity contribution in [3.63, 3.8) is 0 Å². The predicted molar refractivity (Wildman–Crippen MR) is 127 cm³/mol. The van der Waals surface area contributed by atoms with Gasteiger partial charge in [-0.15, -0.1) is 0 Å². The maximum Gasteiger partial charge on any atom is 0.408 e. The second-order valence-electron chi connectivity index (χ2n) is 8.61. The molecule has 7 nitrogen and oxygen atoms in total. The van der Waals surface area contributed by atoms with Gasteiger partial charge in [-0.2, -0.15) is 0 Å². The van der Waals surface area contributed by atoms with Crippen molar-refractivity contribution < 1.29 is 19.1 Å². The van der Waals surface area contributed by atoms with Crippen molar-refractivity contribution >= 4 is 38.7 Å². The second kappa shape index (κ2) is 10.1. The van der Waals surface area contributed by atoms with Gasteiger partial charge in [0.25, 0.3) is 5.91 Å². The molecular weight excluding hydrogens is 426 g/mol. The molecular formula is C24H29N3O4S. The van der Waals surface area contributed by atoms with Gasteiger partial charge in [0, 0.05) is 0 Å². The molecule has 0 saturated heterocycles. The van der Waals surface area contributed by atoms with Gasteiger partial charge in [-0.25, -0.2) is 9.78 Å². The van der Waals surface area contributed by atoms with Crippen LogP contribution < -0.4 is 10.6 Å². The van der Waals surface area contributed by atoms with Crippen LogP contribution >= 0.6 is 11.3 Å². The summed E-state index contributed by atoms with van der Waals surface area (Å²) in [5.41, 5.74) is 2.20. The number of amides is 2. The number of aromatic nitrogens is 1. The number of fused-ring (bicyclic) bond motifs is 1. The molecule has 32 heavy (non-hydrogen) atoms. The lowest BCUT2D eigenvalue weighted by Crippen LogP contribution is -2.52. The van der Waals surface area contributed by atoms with Gasteiger partial charge >= 0.3 is 6.09 Å². The lowest BCUT2D eigenvalue weighted by Gasteiger charge is -2.26. The first-order chi connectivity index (χ1) is 15.1. The molecule has 2 aromatic carbocycles. The Morgan fingerprint density at radius 1 is 1.12 bits per heavy atom. The van der Waals surface area contributed by atoms with Crippen LogP contribution in [0.25, 0.3) is 10.2 Å². The Balaban J connectivity index is 1.74. The van der Waals surface area contributed by atoms with Crippen LogP contribution in [0.1, 0.15) is 38.8 Å². The number of thiazole rings is 1. The summed E-state index contributed by atoms with van der Waals surface area (Å²) < 4.78 is 12.2. The molecule has 0 aliphatic rings. The highest BCUT2D eigenvalue weighted by Crippen LogP contribution is 2.27. The molecule has 3 aromatic rings. The van der Waals surface area contributed by atoms with E-state index in [1.165, 1.54) is 11.3 Å². The number of aryl methyl sites for hydroxylation is 1. The second-order valence-corrected chi connectivity index (χ2v) is 9.64. The molecule has 0 saturated carbocycles. The number of anilines is 1. The fourth-order valence-corrected chi connectivity index (χ4v) is 3.96. The standard InChI is InChI=1S/C24H29N3O4S/c1-15-11-12-18-19(13-15)32-22(25-18)27-21(28)20(26-23(29)31-24(3,4)5)16(2)30-14-17-9-7-6-8-10-17/h6-13,16,20H,14H2,1-5H3,(H,26,29)(H,25,27,28)/t16-,20+/m0/s1. The summed E-state index contributed by atoms with van der Waals surface area (Å²) in [5.74, 6) is -0.424. The highest BCUT2D eigenvalue weighted by molar-refractivity contribution is 7.22. The molecule has 0 unspecified atom stereocenters. The maximum absolute atomic E-state index is 13.1. The molecule has 0 bridgehead atoms. The van der Waals surface area contributed by atoms with Crippen LogP contribution in [0.2, 0.25) is 0 Å². The third-order valence-corrected chi connectivity index (χ3v) is 5.49. The first-order valence-corrected chi connectivity index (χ1v) is 11.3. The number of ether oxygens (including phenoxy) is 2. The fourth-order valence-electron chi connectivity index (χ4n) is 3.00. The van der Waals surface area contributed by atoms with Gasteiger partial charge in [0.1, 0.15) is 11.6 Å². The number of alkyl carbamates (subject to hydrolysis) is 1. The zero-order valence-electron chi connectivity index (χ0n) is 19.0. The van der Waals surface area contributed by atoms with Crippen molar-refractivity contribution in [1.82, 2.24) is 10.3 Å². The van der Waals surface area contributed by atoms with E-state index in [1.807, 2.05) is 55.5 Å². The van der Waals surface area contributed by atoms with Crippen LogP contribution in [0.3, 0.4) is 0 Å². The molecule has 0 aliphatic carbocycles. The van der Waals surface area contributed by atoms with Crippen molar-refractivity contribution in [2.75, 3.05) is 5.32 Å². The van der Waals surface area contributed by atoms with Crippen LogP contribution in [0.5, 0.6) is 0 Å². The largest absolute Gasteiger partial charge is 0.444 e. The van der Waals surface area contributed by atoms with Gasteiger partial charge in [0.05, 0.1) is 22.9 Å². The predicted octanol–water partition coefficient (Wildman–Crippen LogP) is 5.04. The number of nitrogens with one attached hydrogen (secondary N) is 2. The average molecular weight is 456 g/mol. The Bertz CT molecular complexity index is 1080. The van der Waals surface area contributed by atoms with Crippen molar-refractivity contribution in [2.45, 2.75) is 59.0 Å². The lowest BCUT2D eigenvalue weighted by atomic mass is 10.1. The minimum atomic E-state index is -0.970. The van der Waals surface area contributed by atoms with Gasteiger partial charge in [-0.05, 0) is 57.9 Å². The van der Waals surface area contributed by atoms with Crippen LogP contribution in [0, 0.1) is 6.92 Å². The number of carbonyl (C=O) groups is 2. The first-order valence-electron chi connectivity index (χ1n) is 10.4. The van der Waals surface area contributed by atoms with E-state index in [1.54, 1.807) is 27.7 Å². The first kappa shape index (κ1) is 23.7. The minimum Gasteiger partial charge on any atom is -0.444 e. The van der Waals surface area contributed by atoms with Gasteiger partial charge < -0.3 is 20.1 Å². The van der Waals surface area contributed by atoms with E-state index in [0.717, 1.165) is 21.3 Å². The average Bonchev–Trinajstić information content (AvgIpc) is 3.10. The molecule has 8 heteroatoms. The quantitative estimate of drug-likeness (QED) is 0.521. The molecule has 0 aliphatic heterocycles. The highest BCUT2D eigenvalue weighted by Gasteiger charge is 2.30. The Morgan fingerprint density at radius 2 is 1.84 bits per heavy atom. The summed E-state index contributed by atoms with van der Waals surface area (Å²) in [5, 5.41) is 5.93. The monoisotopic (exact) mass is 455 g/mol.